The summed E-state index contributed by atoms with van der Waals surface area (Å²) in [6, 6.07) is 0. The second-order valence-electron chi connectivity index (χ2n) is 10.5. The lowest BCUT2D eigenvalue weighted by molar-refractivity contribution is -0.154. The van der Waals surface area contributed by atoms with Gasteiger partial charge in [-0.3, -0.25) is 9.59 Å². The largest absolute Gasteiger partial charge is 0.458 e. The van der Waals surface area contributed by atoms with Crippen molar-refractivity contribution >= 4 is 51.8 Å². The van der Waals surface area contributed by atoms with E-state index in [9.17, 15) is 24.9 Å². The number of ether oxygens (including phenoxy) is 1. The number of aryl methyl sites for hydroxylation is 1. The van der Waals surface area contributed by atoms with Gasteiger partial charge in [0.05, 0.1) is 40.8 Å². The number of aliphatic hydroxyl groups excluding tert-OH is 3. The zero-order valence-electron chi connectivity index (χ0n) is 21.5. The number of carbonyl (C=O) groups is 2. The minimum atomic E-state index is -1.26. The zero-order chi connectivity index (χ0) is 26.5. The molecular weight excluding hydrogens is 581 g/mol. The second-order valence-corrected chi connectivity index (χ2v) is 13.1. The lowest BCUT2D eigenvalue weighted by atomic mass is 9.73. The van der Waals surface area contributed by atoms with Gasteiger partial charge in [-0.25, -0.2) is 4.98 Å². The average Bonchev–Trinajstić information content (AvgIpc) is 3.20. The van der Waals surface area contributed by atoms with Crippen molar-refractivity contribution in [3.63, 3.8) is 0 Å². The number of aromatic nitrogens is 1. The molecule has 1 saturated heterocycles. The first-order valence-electron chi connectivity index (χ1n) is 12.3. The predicted molar refractivity (Wildman–Crippen MR) is 146 cm³/mol. The summed E-state index contributed by atoms with van der Waals surface area (Å²) in [5.74, 6) is -1.74. The third-order valence-corrected chi connectivity index (χ3v) is 9.28. The first-order chi connectivity index (χ1) is 16.2. The third-order valence-electron chi connectivity index (χ3n) is 7.15. The van der Waals surface area contributed by atoms with Gasteiger partial charge in [-0.15, -0.1) is 11.3 Å². The number of hydrogen-bond donors (Lipinski definition) is 3. The zero-order valence-corrected chi connectivity index (χ0v) is 24.5. The van der Waals surface area contributed by atoms with Crippen LogP contribution in [0.25, 0.3) is 6.08 Å². The van der Waals surface area contributed by atoms with E-state index in [2.05, 4.69) is 27.6 Å². The maximum atomic E-state index is 13.2. The van der Waals surface area contributed by atoms with Gasteiger partial charge in [-0.2, -0.15) is 0 Å². The van der Waals surface area contributed by atoms with E-state index in [1.807, 2.05) is 32.2 Å². The Balaban J connectivity index is 2.33. The molecule has 1 aliphatic rings. The van der Waals surface area contributed by atoms with E-state index in [1.165, 1.54) is 11.3 Å². The highest BCUT2D eigenvalue weighted by atomic mass is 127. The Morgan fingerprint density at radius 3 is 2.49 bits per heavy atom. The SMILES string of the molecule is C/C(=C\c1csc(C)n1)[C@@H]1CC(I)[C@H](O)CCC[C@H](C)[C@H](O)[C@@H](C)C(=O)C(C)(C)[C@@H](O)CC(=O)O1. The molecule has 0 saturated carbocycles. The van der Waals surface area contributed by atoms with Gasteiger partial charge in [0.15, 0.2) is 0 Å². The van der Waals surface area contributed by atoms with Gasteiger partial charge in [-0.05, 0) is 44.3 Å². The highest BCUT2D eigenvalue weighted by molar-refractivity contribution is 14.1. The van der Waals surface area contributed by atoms with Crippen molar-refractivity contribution < 1.29 is 29.6 Å². The highest BCUT2D eigenvalue weighted by Crippen LogP contribution is 2.33. The van der Waals surface area contributed by atoms with Crippen molar-refractivity contribution in [2.75, 3.05) is 0 Å². The highest BCUT2D eigenvalue weighted by Gasteiger charge is 2.42. The van der Waals surface area contributed by atoms with Crippen LogP contribution in [0, 0.1) is 24.2 Å². The topological polar surface area (TPSA) is 117 Å². The quantitative estimate of drug-likeness (QED) is 0.253. The van der Waals surface area contributed by atoms with E-state index in [1.54, 1.807) is 20.8 Å². The van der Waals surface area contributed by atoms with Crippen molar-refractivity contribution in [1.82, 2.24) is 4.98 Å². The standard InChI is InChI=1S/C26H40INO6S/c1-14-8-7-9-20(29)19(27)11-21(15(2)10-18-13-35-17(4)28-18)34-23(31)12-22(30)26(5,6)25(33)16(3)24(14)32/h10,13-14,16,19-22,24,29-30,32H,7-9,11-12H2,1-6H3/b15-10+/t14-,16+,19?,20+,21-,22-,24-/m0/s1. The number of carbonyl (C=O) groups excluding carboxylic acids is 2. The van der Waals surface area contributed by atoms with Crippen LogP contribution < -0.4 is 0 Å². The number of rotatable bonds is 2. The maximum Gasteiger partial charge on any atom is 0.309 e. The second kappa shape index (κ2) is 13.1. The predicted octanol–water partition coefficient (Wildman–Crippen LogP) is 4.48. The number of nitrogens with zero attached hydrogens (tertiary/aromatic N) is 1. The summed E-state index contributed by atoms with van der Waals surface area (Å²) in [6.07, 6.45) is 0.534. The van der Waals surface area contributed by atoms with Crippen LogP contribution in [0.3, 0.4) is 0 Å². The number of hydrogen-bond acceptors (Lipinski definition) is 8. The lowest BCUT2D eigenvalue weighted by Gasteiger charge is -2.35. The third kappa shape index (κ3) is 8.31. The van der Waals surface area contributed by atoms with E-state index >= 15 is 0 Å². The Hall–Kier alpha value is -0.880. The summed E-state index contributed by atoms with van der Waals surface area (Å²) in [6.45, 7) is 10.6. The van der Waals surface area contributed by atoms with Gasteiger partial charge in [0.2, 0.25) is 0 Å². The molecular formula is C26H40INO6S. The Kier molecular flexibility index (Phi) is 11.3. The molecule has 35 heavy (non-hydrogen) atoms. The minimum Gasteiger partial charge on any atom is -0.458 e. The molecule has 2 heterocycles. The molecule has 1 unspecified atom stereocenters. The monoisotopic (exact) mass is 621 g/mol. The lowest BCUT2D eigenvalue weighted by Crippen LogP contribution is -2.45. The molecule has 0 bridgehead atoms. The van der Waals surface area contributed by atoms with Crippen LogP contribution in [-0.4, -0.2) is 60.4 Å². The normalized spacial score (nSPS) is 34.5. The van der Waals surface area contributed by atoms with E-state index in [0.717, 1.165) is 16.3 Å². The fourth-order valence-electron chi connectivity index (χ4n) is 4.48. The fraction of sp³-hybridized carbons (Fsp3) is 0.731. The number of halogens is 1. The first-order valence-corrected chi connectivity index (χ1v) is 14.4. The molecule has 0 spiro atoms. The van der Waals surface area contributed by atoms with Crippen molar-refractivity contribution in [1.29, 1.82) is 0 Å². The number of cyclic esters (lactones) is 1. The van der Waals surface area contributed by atoms with Crippen molar-refractivity contribution in [3.8, 4) is 0 Å². The maximum absolute atomic E-state index is 13.2. The van der Waals surface area contributed by atoms with E-state index < -0.39 is 41.7 Å². The minimum absolute atomic E-state index is 0.140. The van der Waals surface area contributed by atoms with Gasteiger partial charge < -0.3 is 20.1 Å². The summed E-state index contributed by atoms with van der Waals surface area (Å²) in [5.41, 5.74) is 0.359. The van der Waals surface area contributed by atoms with Gasteiger partial charge >= 0.3 is 5.97 Å². The first kappa shape index (κ1) is 30.3. The van der Waals surface area contributed by atoms with E-state index in [4.69, 9.17) is 4.74 Å². The molecule has 1 aromatic heterocycles. The van der Waals surface area contributed by atoms with Gasteiger partial charge in [0.1, 0.15) is 11.9 Å². The van der Waals surface area contributed by atoms with Crippen molar-refractivity contribution in [2.45, 2.75) is 102 Å². The molecule has 7 nitrogen and oxygen atoms in total. The number of thiazole rings is 1. The molecule has 1 aromatic rings. The number of esters is 1. The molecule has 2 rings (SSSR count). The molecule has 0 aromatic carbocycles. The summed E-state index contributed by atoms with van der Waals surface area (Å²) in [4.78, 5) is 30.5. The number of aliphatic hydroxyl groups is 3. The molecule has 9 heteroatoms. The molecule has 198 valence electrons. The molecule has 1 aliphatic heterocycles. The van der Waals surface area contributed by atoms with Crippen molar-refractivity contribution in [3.05, 3.63) is 21.7 Å². The number of ketones is 1. The van der Waals surface area contributed by atoms with Crippen LogP contribution in [0.2, 0.25) is 0 Å². The van der Waals surface area contributed by atoms with Crippen LogP contribution in [0.5, 0.6) is 0 Å². The van der Waals surface area contributed by atoms with Crippen LogP contribution in [0.4, 0.5) is 0 Å². The van der Waals surface area contributed by atoms with Crippen LogP contribution >= 0.6 is 33.9 Å². The van der Waals surface area contributed by atoms with Crippen LogP contribution in [-0.2, 0) is 14.3 Å². The summed E-state index contributed by atoms with van der Waals surface area (Å²) >= 11 is 3.73. The van der Waals surface area contributed by atoms with E-state index in [0.29, 0.717) is 25.7 Å². The number of alkyl halides is 1. The van der Waals surface area contributed by atoms with Crippen LogP contribution in [0.1, 0.15) is 77.4 Å². The molecule has 7 atom stereocenters. The smallest absolute Gasteiger partial charge is 0.309 e. The fourth-order valence-corrected chi connectivity index (χ4v) is 5.87. The number of Topliss-reactive ketones (excluding diaryl/α,β-unsaturated/α-hetero) is 1. The molecule has 0 aliphatic carbocycles. The summed E-state index contributed by atoms with van der Waals surface area (Å²) < 4.78 is 5.64. The van der Waals surface area contributed by atoms with E-state index in [-0.39, 0.29) is 22.0 Å². The van der Waals surface area contributed by atoms with Crippen LogP contribution in [0.15, 0.2) is 11.0 Å². The molecule has 3 N–H and O–H groups in total. The Labute approximate surface area is 226 Å². The molecule has 0 radical (unpaired) electrons. The Morgan fingerprint density at radius 2 is 1.89 bits per heavy atom. The van der Waals surface area contributed by atoms with Gasteiger partial charge in [0, 0.05) is 21.6 Å². The Bertz CT molecular complexity index is 900. The summed E-state index contributed by atoms with van der Waals surface area (Å²) in [7, 11) is 0. The molecule has 1 fully saturated rings. The van der Waals surface area contributed by atoms with Gasteiger partial charge in [0.25, 0.3) is 0 Å². The molecule has 0 amide bonds. The summed E-state index contributed by atoms with van der Waals surface area (Å²) in [5, 5.41) is 35.2. The average molecular weight is 622 g/mol. The van der Waals surface area contributed by atoms with Crippen molar-refractivity contribution in [2.24, 2.45) is 17.3 Å². The Morgan fingerprint density at radius 1 is 1.23 bits per heavy atom. The van der Waals surface area contributed by atoms with Gasteiger partial charge in [-0.1, -0.05) is 56.7 Å².